The molecule has 0 aromatic heterocycles. The highest BCUT2D eigenvalue weighted by molar-refractivity contribution is 9.10. The summed E-state index contributed by atoms with van der Waals surface area (Å²) in [5, 5.41) is 5.97. The third kappa shape index (κ3) is 4.40. The monoisotopic (exact) mass is 330 g/mol. The molecule has 0 unspecified atom stereocenters. The van der Waals surface area contributed by atoms with Crippen LogP contribution in [0.5, 0.6) is 11.5 Å². The Kier molecular flexibility index (Phi) is 6.66. The van der Waals surface area contributed by atoms with Gasteiger partial charge in [-0.25, -0.2) is 0 Å². The highest BCUT2D eigenvalue weighted by atomic mass is 79.9. The van der Waals surface area contributed by atoms with Crippen molar-refractivity contribution in [2.45, 2.75) is 6.92 Å². The van der Waals surface area contributed by atoms with Crippen molar-refractivity contribution in [1.29, 1.82) is 0 Å². The summed E-state index contributed by atoms with van der Waals surface area (Å²) in [6.07, 6.45) is 0. The lowest BCUT2D eigenvalue weighted by Gasteiger charge is -2.11. The minimum Gasteiger partial charge on any atom is -0.495 e. The molecular formula is C13H19BrN2O3. The maximum absolute atomic E-state index is 12.0. The molecule has 0 aliphatic rings. The van der Waals surface area contributed by atoms with Gasteiger partial charge < -0.3 is 20.1 Å². The van der Waals surface area contributed by atoms with E-state index < -0.39 is 0 Å². The predicted molar refractivity (Wildman–Crippen MR) is 78.1 cm³/mol. The van der Waals surface area contributed by atoms with Crippen LogP contribution in [-0.2, 0) is 0 Å². The fourth-order valence-electron chi connectivity index (χ4n) is 1.54. The molecule has 1 rings (SSSR count). The first-order valence-corrected chi connectivity index (χ1v) is 6.83. The van der Waals surface area contributed by atoms with Gasteiger partial charge in [0.15, 0.2) is 0 Å². The normalized spacial score (nSPS) is 10.1. The van der Waals surface area contributed by atoms with Gasteiger partial charge in [0.1, 0.15) is 16.0 Å². The molecule has 2 N–H and O–H groups in total. The van der Waals surface area contributed by atoms with Crippen molar-refractivity contribution >= 4 is 21.8 Å². The summed E-state index contributed by atoms with van der Waals surface area (Å²) < 4.78 is 11.1. The Hall–Kier alpha value is -1.27. The van der Waals surface area contributed by atoms with E-state index in [0.29, 0.717) is 28.1 Å². The van der Waals surface area contributed by atoms with Crippen molar-refractivity contribution in [2.24, 2.45) is 0 Å². The van der Waals surface area contributed by atoms with E-state index in [9.17, 15) is 4.79 Å². The van der Waals surface area contributed by atoms with Crippen LogP contribution in [0.2, 0.25) is 0 Å². The summed E-state index contributed by atoms with van der Waals surface area (Å²) in [5.41, 5.74) is 0.508. The van der Waals surface area contributed by atoms with Gasteiger partial charge in [-0.2, -0.15) is 0 Å². The fourth-order valence-corrected chi connectivity index (χ4v) is 2.10. The number of ether oxygens (including phenoxy) is 2. The van der Waals surface area contributed by atoms with Crippen molar-refractivity contribution < 1.29 is 14.3 Å². The van der Waals surface area contributed by atoms with Crippen molar-refractivity contribution in [1.82, 2.24) is 10.6 Å². The van der Waals surface area contributed by atoms with E-state index in [1.807, 2.05) is 6.92 Å². The first-order chi connectivity index (χ1) is 9.13. The summed E-state index contributed by atoms with van der Waals surface area (Å²) in [7, 11) is 3.10. The predicted octanol–water partition coefficient (Wildman–Crippen LogP) is 1.81. The number of methoxy groups -OCH3 is 2. The smallest absolute Gasteiger partial charge is 0.251 e. The first kappa shape index (κ1) is 15.8. The largest absolute Gasteiger partial charge is 0.495 e. The molecule has 0 radical (unpaired) electrons. The molecule has 6 heteroatoms. The summed E-state index contributed by atoms with van der Waals surface area (Å²) >= 11 is 3.37. The van der Waals surface area contributed by atoms with Crippen LogP contribution in [0.25, 0.3) is 0 Å². The summed E-state index contributed by atoms with van der Waals surface area (Å²) in [6, 6.07) is 3.35. The molecule has 0 saturated carbocycles. The van der Waals surface area contributed by atoms with Gasteiger partial charge >= 0.3 is 0 Å². The van der Waals surface area contributed by atoms with Crippen LogP contribution in [0.15, 0.2) is 16.6 Å². The van der Waals surface area contributed by atoms with E-state index >= 15 is 0 Å². The van der Waals surface area contributed by atoms with E-state index in [1.165, 1.54) is 0 Å². The zero-order chi connectivity index (χ0) is 14.3. The minimum atomic E-state index is -0.151. The maximum Gasteiger partial charge on any atom is 0.251 e. The van der Waals surface area contributed by atoms with Gasteiger partial charge in [0.2, 0.25) is 0 Å². The van der Waals surface area contributed by atoms with Crippen LogP contribution in [0.3, 0.4) is 0 Å². The number of hydrogen-bond donors (Lipinski definition) is 2. The number of carbonyl (C=O) groups is 1. The Morgan fingerprint density at radius 2 is 1.79 bits per heavy atom. The fraction of sp³-hybridized carbons (Fsp3) is 0.462. The van der Waals surface area contributed by atoms with Gasteiger partial charge in [-0.15, -0.1) is 0 Å². The SMILES string of the molecule is CCNCCNC(=O)c1cc(OC)c(Br)c(OC)c1. The van der Waals surface area contributed by atoms with Gasteiger partial charge in [-0.05, 0) is 34.6 Å². The van der Waals surface area contributed by atoms with Crippen molar-refractivity contribution in [2.75, 3.05) is 33.9 Å². The topological polar surface area (TPSA) is 59.6 Å². The number of halogens is 1. The molecule has 0 heterocycles. The van der Waals surface area contributed by atoms with E-state index in [4.69, 9.17) is 9.47 Å². The van der Waals surface area contributed by atoms with Crippen LogP contribution in [0.1, 0.15) is 17.3 Å². The maximum atomic E-state index is 12.0. The van der Waals surface area contributed by atoms with Crippen LogP contribution in [0, 0.1) is 0 Å². The number of benzene rings is 1. The van der Waals surface area contributed by atoms with Gasteiger partial charge in [0.25, 0.3) is 5.91 Å². The summed E-state index contributed by atoms with van der Waals surface area (Å²) in [4.78, 5) is 12.0. The van der Waals surface area contributed by atoms with E-state index in [0.717, 1.165) is 13.1 Å². The average Bonchev–Trinajstić information content (AvgIpc) is 2.43. The number of nitrogens with one attached hydrogen (secondary N) is 2. The number of likely N-dealkylation sites (N-methyl/N-ethyl adjacent to an activating group) is 1. The highest BCUT2D eigenvalue weighted by Crippen LogP contribution is 2.35. The molecule has 5 nitrogen and oxygen atoms in total. The lowest BCUT2D eigenvalue weighted by Crippen LogP contribution is -2.31. The lowest BCUT2D eigenvalue weighted by molar-refractivity contribution is 0.0953. The zero-order valence-electron chi connectivity index (χ0n) is 11.4. The third-order valence-electron chi connectivity index (χ3n) is 2.55. The Balaban J connectivity index is 2.79. The van der Waals surface area contributed by atoms with E-state index in [1.54, 1.807) is 26.4 Å². The summed E-state index contributed by atoms with van der Waals surface area (Å²) in [6.45, 7) is 4.22. The van der Waals surface area contributed by atoms with Gasteiger partial charge in [-0.3, -0.25) is 4.79 Å². The third-order valence-corrected chi connectivity index (χ3v) is 3.33. The highest BCUT2D eigenvalue weighted by Gasteiger charge is 2.14. The molecule has 106 valence electrons. The van der Waals surface area contributed by atoms with Gasteiger partial charge in [0.05, 0.1) is 14.2 Å². The van der Waals surface area contributed by atoms with Crippen LogP contribution in [-0.4, -0.2) is 39.8 Å². The second kappa shape index (κ2) is 8.01. The Morgan fingerprint density at radius 1 is 1.21 bits per heavy atom. The molecule has 1 aromatic carbocycles. The van der Waals surface area contributed by atoms with Crippen LogP contribution >= 0.6 is 15.9 Å². The van der Waals surface area contributed by atoms with Crippen molar-refractivity contribution in [3.63, 3.8) is 0 Å². The summed E-state index contributed by atoms with van der Waals surface area (Å²) in [5.74, 6) is 0.981. The molecule has 1 amide bonds. The minimum absolute atomic E-state index is 0.151. The number of hydrogen-bond acceptors (Lipinski definition) is 4. The van der Waals surface area contributed by atoms with E-state index in [-0.39, 0.29) is 5.91 Å². The van der Waals surface area contributed by atoms with Gasteiger partial charge in [0, 0.05) is 18.7 Å². The second-order valence-corrected chi connectivity index (χ2v) is 4.60. The Morgan fingerprint density at radius 3 is 2.26 bits per heavy atom. The van der Waals surface area contributed by atoms with Gasteiger partial charge in [-0.1, -0.05) is 6.92 Å². The molecule has 0 saturated heterocycles. The molecule has 0 aliphatic carbocycles. The first-order valence-electron chi connectivity index (χ1n) is 6.04. The van der Waals surface area contributed by atoms with Crippen LogP contribution in [0.4, 0.5) is 0 Å². The molecule has 1 aromatic rings. The van der Waals surface area contributed by atoms with Crippen LogP contribution < -0.4 is 20.1 Å². The molecule has 0 spiro atoms. The number of rotatable bonds is 7. The zero-order valence-corrected chi connectivity index (χ0v) is 13.0. The quantitative estimate of drug-likeness (QED) is 0.748. The lowest BCUT2D eigenvalue weighted by atomic mass is 10.2. The molecule has 0 bridgehead atoms. The van der Waals surface area contributed by atoms with Crippen molar-refractivity contribution in [3.8, 4) is 11.5 Å². The average molecular weight is 331 g/mol. The molecular weight excluding hydrogens is 312 g/mol. The Labute approximate surface area is 121 Å². The second-order valence-electron chi connectivity index (χ2n) is 3.80. The number of amides is 1. The molecule has 0 fully saturated rings. The standard InChI is InChI=1S/C13H19BrN2O3/c1-4-15-5-6-16-13(17)9-7-10(18-2)12(14)11(8-9)19-3/h7-8,15H,4-6H2,1-3H3,(H,16,17). The van der Waals surface area contributed by atoms with Crippen molar-refractivity contribution in [3.05, 3.63) is 22.2 Å². The van der Waals surface area contributed by atoms with E-state index in [2.05, 4.69) is 26.6 Å². The molecule has 0 atom stereocenters. The Bertz CT molecular complexity index is 413. The molecule has 19 heavy (non-hydrogen) atoms. The molecule has 0 aliphatic heterocycles. The number of carbonyl (C=O) groups excluding carboxylic acids is 1.